The van der Waals surface area contributed by atoms with E-state index in [4.69, 9.17) is 11.5 Å². The lowest BCUT2D eigenvalue weighted by Gasteiger charge is -2.03. The summed E-state index contributed by atoms with van der Waals surface area (Å²) in [6, 6.07) is 50.7. The van der Waals surface area contributed by atoms with Gasteiger partial charge in [-0.25, -0.2) is 15.0 Å². The van der Waals surface area contributed by atoms with Gasteiger partial charge >= 0.3 is 0 Å². The van der Waals surface area contributed by atoms with E-state index in [0.29, 0.717) is 0 Å². The number of para-hydroxylation sites is 4. The molecule has 6 aromatic carbocycles. The Kier molecular flexibility index (Phi) is 8.49. The maximum atomic E-state index is 5.73. The summed E-state index contributed by atoms with van der Waals surface area (Å²) in [5.41, 5.74) is 19.0. The molecule has 0 fully saturated rings. The molecule has 9 rings (SSSR count). The molecule has 3 heterocycles. The van der Waals surface area contributed by atoms with E-state index in [1.54, 1.807) is 0 Å². The van der Waals surface area contributed by atoms with Gasteiger partial charge in [0.1, 0.15) is 0 Å². The quantitative estimate of drug-likeness (QED) is 0.126. The summed E-state index contributed by atoms with van der Waals surface area (Å²) in [7, 11) is 0. The fourth-order valence-corrected chi connectivity index (χ4v) is 5.30. The van der Waals surface area contributed by atoms with Gasteiger partial charge in [0.15, 0.2) is 0 Å². The highest BCUT2D eigenvalue weighted by molar-refractivity contribution is 8.93. The predicted octanol–water partition coefficient (Wildman–Crippen LogP) is 9.91. The third kappa shape index (κ3) is 6.51. The number of hydrogen-bond donors (Lipinski definition) is 2. The van der Waals surface area contributed by atoms with Crippen molar-refractivity contribution in [2.45, 2.75) is 0 Å². The van der Waals surface area contributed by atoms with Crippen molar-refractivity contribution in [1.82, 2.24) is 15.0 Å². The van der Waals surface area contributed by atoms with Gasteiger partial charge in [0.05, 0.1) is 33.1 Å². The number of rotatable bonds is 0. The van der Waals surface area contributed by atoms with E-state index in [9.17, 15) is 0 Å². The van der Waals surface area contributed by atoms with Gasteiger partial charge in [-0.15, -0.1) is 17.0 Å². The van der Waals surface area contributed by atoms with Crippen molar-refractivity contribution in [2.24, 2.45) is 0 Å². The second kappa shape index (κ2) is 13.0. The number of nitrogens with two attached hydrogens (primary N) is 2. The van der Waals surface area contributed by atoms with E-state index in [1.807, 2.05) is 109 Å². The van der Waals surface area contributed by atoms with Gasteiger partial charge < -0.3 is 11.5 Å². The summed E-state index contributed by atoms with van der Waals surface area (Å²) >= 11 is 0. The van der Waals surface area contributed by atoms with Crippen LogP contribution in [0.4, 0.5) is 11.4 Å². The Morgan fingerprint density at radius 2 is 0.556 bits per heavy atom. The molecule has 0 unspecified atom stereocenters. The van der Waals surface area contributed by atoms with Crippen LogP contribution in [0.3, 0.4) is 0 Å². The molecule has 218 valence electrons. The van der Waals surface area contributed by atoms with Gasteiger partial charge in [-0.2, -0.15) is 0 Å². The summed E-state index contributed by atoms with van der Waals surface area (Å²) in [4.78, 5) is 13.7. The van der Waals surface area contributed by atoms with Gasteiger partial charge in [-0.3, -0.25) is 0 Å². The molecule has 4 N–H and O–H groups in total. The normalized spacial score (nSPS) is 10.7. The first-order valence-corrected chi connectivity index (χ1v) is 14.4. The zero-order valence-electron chi connectivity index (χ0n) is 24.3. The van der Waals surface area contributed by atoms with Crippen LogP contribution in [-0.4, -0.2) is 15.0 Å². The molecule has 45 heavy (non-hydrogen) atoms. The third-order valence-electron chi connectivity index (χ3n) is 7.51. The van der Waals surface area contributed by atoms with Gasteiger partial charge in [0.2, 0.25) is 0 Å². The van der Waals surface area contributed by atoms with Crippen LogP contribution < -0.4 is 11.5 Å². The van der Waals surface area contributed by atoms with Crippen molar-refractivity contribution < 1.29 is 0 Å². The van der Waals surface area contributed by atoms with Crippen LogP contribution in [0.25, 0.3) is 65.4 Å². The summed E-state index contributed by atoms with van der Waals surface area (Å²) in [6.45, 7) is 0. The number of fused-ring (bicyclic) bond motifs is 6. The number of nitrogen functional groups attached to an aromatic ring is 2. The highest BCUT2D eigenvalue weighted by atomic mass is 79.9. The largest absolute Gasteiger partial charge is 0.399 e. The van der Waals surface area contributed by atoms with E-state index >= 15 is 0 Å². The van der Waals surface area contributed by atoms with Gasteiger partial charge in [0.25, 0.3) is 0 Å². The number of halogens is 1. The minimum Gasteiger partial charge on any atom is -0.399 e. The van der Waals surface area contributed by atoms with E-state index in [2.05, 4.69) is 57.4 Å². The smallest absolute Gasteiger partial charge is 0.0730 e. The lowest BCUT2D eigenvalue weighted by Crippen LogP contribution is -1.89. The molecule has 6 heteroatoms. The Morgan fingerprint density at radius 3 is 0.889 bits per heavy atom. The van der Waals surface area contributed by atoms with Crippen molar-refractivity contribution in [3.63, 3.8) is 0 Å². The average Bonchev–Trinajstić information content (AvgIpc) is 3.06. The van der Waals surface area contributed by atoms with Crippen LogP contribution in [0, 0.1) is 0 Å². The first-order valence-electron chi connectivity index (χ1n) is 14.4. The second-order valence-corrected chi connectivity index (χ2v) is 10.6. The fraction of sp³-hybridized carbons (Fsp3) is 0. The van der Waals surface area contributed by atoms with Crippen LogP contribution in [0.5, 0.6) is 0 Å². The Hall–Kier alpha value is -5.59. The molecule has 0 amide bonds. The first-order chi connectivity index (χ1) is 21.6. The minimum absolute atomic E-state index is 0. The lowest BCUT2D eigenvalue weighted by atomic mass is 10.1. The van der Waals surface area contributed by atoms with Crippen molar-refractivity contribution in [3.8, 4) is 0 Å². The van der Waals surface area contributed by atoms with Crippen molar-refractivity contribution >= 4 is 93.8 Å². The standard InChI is InChI=1S/C13H11N3.2C13H9N.BrH/c14-10-3-1-8-5-9-2-4-11(15)7-13(9)16-12(8)6-10;2*1-3-7-12-10(5-1)9-11-6-2-4-8-13(11)14-12;/h1-7H,14-15H2;2*1-9H;1H. The minimum atomic E-state index is 0. The molecule has 0 aliphatic carbocycles. The Labute approximate surface area is 270 Å². The van der Waals surface area contributed by atoms with Gasteiger partial charge in [0, 0.05) is 43.7 Å². The molecule has 0 radical (unpaired) electrons. The maximum absolute atomic E-state index is 5.73. The van der Waals surface area contributed by atoms with E-state index in [-0.39, 0.29) is 17.0 Å². The number of hydrogen-bond acceptors (Lipinski definition) is 5. The number of pyridine rings is 3. The SMILES string of the molecule is Br.Nc1ccc2cc3ccc(N)cc3nc2c1.c1ccc2nc3ccccc3cc2c1.c1ccc2nc3ccccc3cc2c1. The fourth-order valence-electron chi connectivity index (χ4n) is 5.30. The molecule has 0 aliphatic heterocycles. The molecular weight excluding hydrogens is 618 g/mol. The van der Waals surface area contributed by atoms with Gasteiger partial charge in [-0.05, 0) is 66.7 Å². The third-order valence-corrected chi connectivity index (χ3v) is 7.51. The zero-order valence-corrected chi connectivity index (χ0v) is 26.1. The zero-order chi connectivity index (χ0) is 29.9. The molecule has 5 nitrogen and oxygen atoms in total. The topological polar surface area (TPSA) is 90.7 Å². The first kappa shape index (κ1) is 29.5. The summed E-state index contributed by atoms with van der Waals surface area (Å²) in [6.07, 6.45) is 0. The maximum Gasteiger partial charge on any atom is 0.0730 e. The highest BCUT2D eigenvalue weighted by Gasteiger charge is 2.01. The van der Waals surface area contributed by atoms with E-state index < -0.39 is 0 Å². The molecule has 3 aromatic heterocycles. The van der Waals surface area contributed by atoms with Gasteiger partial charge in [-0.1, -0.05) is 84.9 Å². The Bertz CT molecular complexity index is 2060. The average molecular weight is 649 g/mol. The predicted molar refractivity (Wildman–Crippen MR) is 197 cm³/mol. The van der Waals surface area contributed by atoms with Crippen LogP contribution in [0.2, 0.25) is 0 Å². The lowest BCUT2D eigenvalue weighted by molar-refractivity contribution is 1.50. The number of anilines is 2. The monoisotopic (exact) mass is 647 g/mol. The van der Waals surface area contributed by atoms with Crippen LogP contribution in [0.15, 0.2) is 152 Å². The summed E-state index contributed by atoms with van der Waals surface area (Å²) in [5.74, 6) is 0. The Morgan fingerprint density at radius 1 is 0.289 bits per heavy atom. The number of nitrogens with zero attached hydrogens (tertiary/aromatic N) is 3. The molecule has 0 aliphatic rings. The summed E-state index contributed by atoms with van der Waals surface area (Å²) < 4.78 is 0. The van der Waals surface area contributed by atoms with Crippen molar-refractivity contribution in [2.75, 3.05) is 11.5 Å². The molecule has 0 spiro atoms. The highest BCUT2D eigenvalue weighted by Crippen LogP contribution is 2.23. The Balaban J connectivity index is 0.000000118. The molecule has 0 bridgehead atoms. The van der Waals surface area contributed by atoms with E-state index in [0.717, 1.165) is 55.2 Å². The second-order valence-electron chi connectivity index (χ2n) is 10.6. The number of aromatic nitrogens is 3. The number of benzene rings is 6. The molecule has 0 atom stereocenters. The van der Waals surface area contributed by atoms with Crippen LogP contribution >= 0.6 is 17.0 Å². The van der Waals surface area contributed by atoms with Crippen LogP contribution in [0.1, 0.15) is 0 Å². The van der Waals surface area contributed by atoms with E-state index in [1.165, 1.54) is 21.5 Å². The molecule has 9 aromatic rings. The van der Waals surface area contributed by atoms with Crippen molar-refractivity contribution in [3.05, 3.63) is 152 Å². The molecular formula is C39H30BrN5. The van der Waals surface area contributed by atoms with Crippen molar-refractivity contribution in [1.29, 1.82) is 0 Å². The molecule has 0 saturated carbocycles. The molecule has 0 saturated heterocycles. The van der Waals surface area contributed by atoms with Crippen LogP contribution in [-0.2, 0) is 0 Å². The summed E-state index contributed by atoms with van der Waals surface area (Å²) in [5, 5.41) is 6.98.